The lowest BCUT2D eigenvalue weighted by Crippen LogP contribution is -2.33. The van der Waals surface area contributed by atoms with Crippen molar-refractivity contribution in [3.63, 3.8) is 0 Å². The van der Waals surface area contributed by atoms with Gasteiger partial charge in [-0.2, -0.15) is 0 Å². The number of thiocarbonyl (C=S) groups is 1. The molecule has 0 aliphatic carbocycles. The highest BCUT2D eigenvalue weighted by Gasteiger charge is 2.31. The highest BCUT2D eigenvalue weighted by Crippen LogP contribution is 2.32. The first-order valence-corrected chi connectivity index (χ1v) is 8.58. The summed E-state index contributed by atoms with van der Waals surface area (Å²) in [6.07, 6.45) is 1.87. The van der Waals surface area contributed by atoms with Gasteiger partial charge in [0.15, 0.2) is 0 Å². The lowest BCUT2D eigenvalue weighted by molar-refractivity contribution is -0.121. The van der Waals surface area contributed by atoms with Crippen LogP contribution in [0.5, 0.6) is 5.75 Å². The van der Waals surface area contributed by atoms with Gasteiger partial charge in [-0.25, -0.2) is 0 Å². The van der Waals surface area contributed by atoms with E-state index in [0.717, 1.165) is 17.0 Å². The predicted octanol–water partition coefficient (Wildman–Crippen LogP) is 3.97. The summed E-state index contributed by atoms with van der Waals surface area (Å²) < 4.78 is 5.69. The molecule has 1 fully saturated rings. The molecular weight excluding hydrogens is 340 g/mol. The second kappa shape index (κ2) is 7.51. The summed E-state index contributed by atoms with van der Waals surface area (Å²) in [7, 11) is 1.63. The largest absolute Gasteiger partial charge is 0.497 e. The Morgan fingerprint density at radius 1 is 1.17 bits per heavy atom. The predicted molar refractivity (Wildman–Crippen MR) is 103 cm³/mol. The molecule has 0 aromatic heterocycles. The number of carbonyl (C=O) groups excluding carboxylic acids is 1. The van der Waals surface area contributed by atoms with Gasteiger partial charge in [0.25, 0.3) is 5.91 Å². The van der Waals surface area contributed by atoms with Crippen LogP contribution in [0.15, 0.2) is 59.5 Å². The molecule has 6 heteroatoms. The van der Waals surface area contributed by atoms with Crippen molar-refractivity contribution in [1.29, 1.82) is 0 Å². The van der Waals surface area contributed by atoms with Gasteiger partial charge in [-0.05, 0) is 35.9 Å². The molecule has 1 saturated heterocycles. The van der Waals surface area contributed by atoms with Crippen LogP contribution in [0, 0.1) is 0 Å². The van der Waals surface area contributed by atoms with Crippen LogP contribution in [0.25, 0.3) is 6.08 Å². The number of hydrogen-bond acceptors (Lipinski definition) is 5. The van der Waals surface area contributed by atoms with Gasteiger partial charge in [0.1, 0.15) is 10.1 Å². The van der Waals surface area contributed by atoms with Crippen molar-refractivity contribution < 1.29 is 9.53 Å². The standard InChI is InChI=1S/C18H16N2O2S2/c1-22-15-9-7-14(8-10-15)19-12-20-17(21)16(24-18(20)23)11-13-5-3-2-4-6-13/h2-11,19H,12H2,1H3/b16-11+. The Bertz CT molecular complexity index is 773. The zero-order chi connectivity index (χ0) is 16.9. The fourth-order valence-corrected chi connectivity index (χ4v) is 3.47. The molecule has 1 aliphatic heterocycles. The molecule has 0 unspecified atom stereocenters. The summed E-state index contributed by atoms with van der Waals surface area (Å²) in [5, 5.41) is 3.20. The highest BCUT2D eigenvalue weighted by molar-refractivity contribution is 8.26. The maximum absolute atomic E-state index is 12.5. The molecule has 0 saturated carbocycles. The summed E-state index contributed by atoms with van der Waals surface area (Å²) in [6, 6.07) is 17.3. The fraction of sp³-hybridized carbons (Fsp3) is 0.111. The van der Waals surface area contributed by atoms with Crippen LogP contribution in [0.4, 0.5) is 5.69 Å². The first-order valence-electron chi connectivity index (χ1n) is 7.36. The summed E-state index contributed by atoms with van der Waals surface area (Å²) in [6.45, 7) is 0.336. The summed E-state index contributed by atoms with van der Waals surface area (Å²) >= 11 is 6.66. The number of methoxy groups -OCH3 is 1. The molecule has 0 radical (unpaired) electrons. The molecule has 0 bridgehead atoms. The highest BCUT2D eigenvalue weighted by atomic mass is 32.2. The van der Waals surface area contributed by atoms with Crippen LogP contribution >= 0.6 is 24.0 Å². The average molecular weight is 356 g/mol. The maximum Gasteiger partial charge on any atom is 0.267 e. The van der Waals surface area contributed by atoms with Crippen LogP contribution in [0.2, 0.25) is 0 Å². The van der Waals surface area contributed by atoms with Crippen molar-refractivity contribution in [1.82, 2.24) is 4.90 Å². The Morgan fingerprint density at radius 2 is 1.88 bits per heavy atom. The molecule has 4 nitrogen and oxygen atoms in total. The molecular formula is C18H16N2O2S2. The van der Waals surface area contributed by atoms with Gasteiger partial charge < -0.3 is 10.1 Å². The molecule has 1 N–H and O–H groups in total. The Hall–Kier alpha value is -2.31. The van der Waals surface area contributed by atoms with Crippen LogP contribution in [-0.4, -0.2) is 28.9 Å². The zero-order valence-corrected chi connectivity index (χ0v) is 14.7. The molecule has 0 atom stereocenters. The minimum Gasteiger partial charge on any atom is -0.497 e. The Labute approximate surface area is 150 Å². The quantitative estimate of drug-likeness (QED) is 0.649. The number of rotatable bonds is 5. The van der Waals surface area contributed by atoms with E-state index in [9.17, 15) is 4.79 Å². The molecule has 2 aromatic rings. The van der Waals surface area contributed by atoms with E-state index in [4.69, 9.17) is 17.0 Å². The Morgan fingerprint density at radius 3 is 2.54 bits per heavy atom. The second-order valence-corrected chi connectivity index (χ2v) is 6.76. The van der Waals surface area contributed by atoms with E-state index in [1.165, 1.54) is 11.8 Å². The Kier molecular flexibility index (Phi) is 5.17. The van der Waals surface area contributed by atoms with Crippen molar-refractivity contribution >= 4 is 46.0 Å². The maximum atomic E-state index is 12.5. The van der Waals surface area contributed by atoms with E-state index in [2.05, 4.69) is 5.32 Å². The van der Waals surface area contributed by atoms with Gasteiger partial charge in [0.05, 0.1) is 18.7 Å². The molecule has 1 heterocycles. The summed E-state index contributed by atoms with van der Waals surface area (Å²) in [4.78, 5) is 14.7. The number of hydrogen-bond donors (Lipinski definition) is 1. The van der Waals surface area contributed by atoms with Gasteiger partial charge in [0, 0.05) is 5.69 Å². The molecule has 2 aromatic carbocycles. The van der Waals surface area contributed by atoms with Crippen LogP contribution < -0.4 is 10.1 Å². The number of thioether (sulfide) groups is 1. The van der Waals surface area contributed by atoms with Gasteiger partial charge >= 0.3 is 0 Å². The van der Waals surface area contributed by atoms with Gasteiger partial charge in [-0.1, -0.05) is 54.3 Å². The number of amides is 1. The molecule has 122 valence electrons. The molecule has 1 aliphatic rings. The van der Waals surface area contributed by atoms with E-state index < -0.39 is 0 Å². The second-order valence-electron chi connectivity index (χ2n) is 5.08. The number of anilines is 1. The van der Waals surface area contributed by atoms with Crippen molar-refractivity contribution in [2.75, 3.05) is 19.1 Å². The third-order valence-electron chi connectivity index (χ3n) is 3.50. The minimum atomic E-state index is -0.0742. The normalized spacial score (nSPS) is 15.9. The molecule has 0 spiro atoms. The lowest BCUT2D eigenvalue weighted by Gasteiger charge is -2.16. The van der Waals surface area contributed by atoms with E-state index in [1.54, 1.807) is 12.0 Å². The number of nitrogens with zero attached hydrogens (tertiary/aromatic N) is 1. The van der Waals surface area contributed by atoms with E-state index in [1.807, 2.05) is 60.7 Å². The minimum absolute atomic E-state index is 0.0742. The topological polar surface area (TPSA) is 41.6 Å². The third kappa shape index (κ3) is 3.77. The lowest BCUT2D eigenvalue weighted by atomic mass is 10.2. The zero-order valence-electron chi connectivity index (χ0n) is 13.1. The third-order valence-corrected chi connectivity index (χ3v) is 4.88. The Balaban J connectivity index is 1.67. The van der Waals surface area contributed by atoms with Crippen molar-refractivity contribution in [2.24, 2.45) is 0 Å². The van der Waals surface area contributed by atoms with Crippen LogP contribution in [-0.2, 0) is 4.79 Å². The van der Waals surface area contributed by atoms with Gasteiger partial charge in [0.2, 0.25) is 0 Å². The number of carbonyl (C=O) groups is 1. The monoisotopic (exact) mass is 356 g/mol. The summed E-state index contributed by atoms with van der Waals surface area (Å²) in [5.74, 6) is 0.715. The molecule has 3 rings (SSSR count). The first kappa shape index (κ1) is 16.5. The number of benzene rings is 2. The van der Waals surface area contributed by atoms with E-state index in [0.29, 0.717) is 15.9 Å². The van der Waals surface area contributed by atoms with Crippen LogP contribution in [0.1, 0.15) is 5.56 Å². The first-order chi connectivity index (χ1) is 11.7. The van der Waals surface area contributed by atoms with Crippen molar-refractivity contribution in [3.8, 4) is 5.75 Å². The molecule has 1 amide bonds. The van der Waals surface area contributed by atoms with Crippen molar-refractivity contribution in [3.05, 3.63) is 65.1 Å². The van der Waals surface area contributed by atoms with E-state index in [-0.39, 0.29) is 5.91 Å². The van der Waals surface area contributed by atoms with Crippen LogP contribution in [0.3, 0.4) is 0 Å². The van der Waals surface area contributed by atoms with Gasteiger partial charge in [-0.15, -0.1) is 0 Å². The molecule has 24 heavy (non-hydrogen) atoms. The SMILES string of the molecule is COc1ccc(NCN2C(=O)/C(=C\c3ccccc3)SC2=S)cc1. The number of nitrogens with one attached hydrogen (secondary N) is 1. The van der Waals surface area contributed by atoms with Gasteiger partial charge in [-0.3, -0.25) is 9.69 Å². The number of ether oxygens (including phenoxy) is 1. The fourth-order valence-electron chi connectivity index (χ4n) is 2.22. The van der Waals surface area contributed by atoms with Crippen molar-refractivity contribution in [2.45, 2.75) is 0 Å². The average Bonchev–Trinajstić information content (AvgIpc) is 2.88. The summed E-state index contributed by atoms with van der Waals surface area (Å²) in [5.41, 5.74) is 1.89. The smallest absolute Gasteiger partial charge is 0.267 e. The van der Waals surface area contributed by atoms with E-state index >= 15 is 0 Å².